The van der Waals surface area contributed by atoms with Crippen molar-refractivity contribution in [3.05, 3.63) is 42.0 Å². The number of hydrogen-bond acceptors (Lipinski definition) is 4. The third-order valence-corrected chi connectivity index (χ3v) is 4.34. The van der Waals surface area contributed by atoms with Crippen LogP contribution in [0.2, 0.25) is 0 Å². The molecule has 24 heavy (non-hydrogen) atoms. The molecule has 1 aliphatic heterocycles. The van der Waals surface area contributed by atoms with Gasteiger partial charge in [0.1, 0.15) is 19.0 Å². The normalized spacial score (nSPS) is 13.4. The minimum Gasteiger partial charge on any atom is -0.486 e. The van der Waals surface area contributed by atoms with Gasteiger partial charge >= 0.3 is 0 Å². The van der Waals surface area contributed by atoms with Gasteiger partial charge in [-0.2, -0.15) is 0 Å². The van der Waals surface area contributed by atoms with Crippen LogP contribution in [0.3, 0.4) is 0 Å². The number of aliphatic hydroxyl groups is 1. The highest BCUT2D eigenvalue weighted by Gasteiger charge is 2.19. The van der Waals surface area contributed by atoms with Crippen molar-refractivity contribution in [1.29, 1.82) is 0 Å². The van der Waals surface area contributed by atoms with E-state index in [0.717, 1.165) is 33.9 Å². The van der Waals surface area contributed by atoms with Crippen LogP contribution in [0.15, 0.2) is 36.4 Å². The smallest absolute Gasteiger partial charge is 0.163 e. The molecule has 0 saturated carbocycles. The van der Waals surface area contributed by atoms with E-state index in [9.17, 15) is 5.11 Å². The van der Waals surface area contributed by atoms with Gasteiger partial charge in [-0.05, 0) is 18.9 Å². The first-order valence-electron chi connectivity index (χ1n) is 8.24. The van der Waals surface area contributed by atoms with Crippen LogP contribution in [-0.4, -0.2) is 34.5 Å². The van der Waals surface area contributed by atoms with Crippen LogP contribution < -0.4 is 9.47 Å². The fraction of sp³-hybridized carbons (Fsp3) is 0.316. The summed E-state index contributed by atoms with van der Waals surface area (Å²) >= 11 is 0. The Labute approximate surface area is 140 Å². The van der Waals surface area contributed by atoms with Gasteiger partial charge in [0, 0.05) is 30.8 Å². The van der Waals surface area contributed by atoms with Crippen LogP contribution in [0.25, 0.3) is 22.4 Å². The summed E-state index contributed by atoms with van der Waals surface area (Å²) in [5, 5.41) is 9.27. The van der Waals surface area contributed by atoms with E-state index >= 15 is 0 Å². The molecule has 1 aliphatic rings. The lowest BCUT2D eigenvalue weighted by atomic mass is 10.1. The predicted octanol–water partition coefficient (Wildman–Crippen LogP) is 3.17. The van der Waals surface area contributed by atoms with Gasteiger partial charge in [-0.15, -0.1) is 0 Å². The van der Waals surface area contributed by atoms with Gasteiger partial charge < -0.3 is 19.1 Å². The maximum atomic E-state index is 9.27. The van der Waals surface area contributed by atoms with Crippen LogP contribution in [0, 0.1) is 6.92 Å². The molecule has 0 saturated heterocycles. The summed E-state index contributed by atoms with van der Waals surface area (Å²) in [6.07, 6.45) is 0.679. The van der Waals surface area contributed by atoms with Crippen LogP contribution in [0.1, 0.15) is 12.0 Å². The van der Waals surface area contributed by atoms with E-state index < -0.39 is 0 Å². The molecule has 4 rings (SSSR count). The number of aliphatic hydroxyl groups excluding tert-OH is 1. The minimum atomic E-state index is 0.150. The second-order valence-corrected chi connectivity index (χ2v) is 5.96. The molecule has 1 aromatic heterocycles. The predicted molar refractivity (Wildman–Crippen MR) is 92.6 cm³/mol. The lowest BCUT2D eigenvalue weighted by Crippen LogP contribution is -2.15. The van der Waals surface area contributed by atoms with Crippen molar-refractivity contribution >= 4 is 11.0 Å². The van der Waals surface area contributed by atoms with Crippen LogP contribution >= 0.6 is 0 Å². The van der Waals surface area contributed by atoms with E-state index in [1.54, 1.807) is 0 Å². The Hall–Kier alpha value is -2.53. The Kier molecular flexibility index (Phi) is 3.86. The zero-order valence-corrected chi connectivity index (χ0v) is 13.7. The van der Waals surface area contributed by atoms with Gasteiger partial charge in [0.25, 0.3) is 0 Å². The van der Waals surface area contributed by atoms with Gasteiger partial charge in [0.2, 0.25) is 0 Å². The van der Waals surface area contributed by atoms with Crippen molar-refractivity contribution in [3.63, 3.8) is 0 Å². The van der Waals surface area contributed by atoms with Crippen molar-refractivity contribution in [1.82, 2.24) is 9.55 Å². The van der Waals surface area contributed by atoms with Crippen molar-refractivity contribution < 1.29 is 14.6 Å². The first kappa shape index (κ1) is 15.0. The third-order valence-electron chi connectivity index (χ3n) is 4.34. The lowest BCUT2D eigenvalue weighted by Gasteiger charge is -2.18. The number of aryl methyl sites for hydroxylation is 2. The zero-order chi connectivity index (χ0) is 16.5. The second kappa shape index (κ2) is 6.17. The molecule has 2 heterocycles. The minimum absolute atomic E-state index is 0.150. The summed E-state index contributed by atoms with van der Waals surface area (Å²) in [6.45, 7) is 4.07. The van der Waals surface area contributed by atoms with Crippen molar-refractivity contribution in [2.24, 2.45) is 0 Å². The molecule has 5 heteroatoms. The average Bonchev–Trinajstić information content (AvgIpc) is 2.95. The summed E-state index contributed by atoms with van der Waals surface area (Å²) in [4.78, 5) is 4.85. The number of imidazole rings is 1. The summed E-state index contributed by atoms with van der Waals surface area (Å²) in [6, 6.07) is 12.2. The quantitative estimate of drug-likeness (QED) is 0.801. The number of ether oxygens (including phenoxy) is 2. The second-order valence-electron chi connectivity index (χ2n) is 5.96. The lowest BCUT2D eigenvalue weighted by molar-refractivity contribution is 0.172. The van der Waals surface area contributed by atoms with Gasteiger partial charge in [-0.3, -0.25) is 0 Å². The van der Waals surface area contributed by atoms with Crippen molar-refractivity contribution in [2.75, 3.05) is 19.8 Å². The van der Waals surface area contributed by atoms with Gasteiger partial charge in [-0.25, -0.2) is 4.98 Å². The van der Waals surface area contributed by atoms with Crippen LogP contribution in [0.5, 0.6) is 11.5 Å². The Balaban J connectivity index is 1.93. The molecule has 1 N–H and O–H groups in total. The van der Waals surface area contributed by atoms with Crippen molar-refractivity contribution in [2.45, 2.75) is 19.9 Å². The highest BCUT2D eigenvalue weighted by Crippen LogP contribution is 2.36. The molecule has 2 aromatic carbocycles. The SMILES string of the molecule is Cc1ccccc1-c1nc2cc3c(cc2n1CCCO)OCCO3. The highest BCUT2D eigenvalue weighted by molar-refractivity contribution is 5.84. The first-order chi connectivity index (χ1) is 11.8. The Morgan fingerprint density at radius 1 is 1.12 bits per heavy atom. The summed E-state index contributed by atoms with van der Waals surface area (Å²) in [5.41, 5.74) is 4.17. The number of rotatable bonds is 4. The average molecular weight is 324 g/mol. The number of nitrogens with zero attached hydrogens (tertiary/aromatic N) is 2. The first-order valence-corrected chi connectivity index (χ1v) is 8.24. The van der Waals surface area contributed by atoms with Gasteiger partial charge in [-0.1, -0.05) is 24.3 Å². The fourth-order valence-corrected chi connectivity index (χ4v) is 3.15. The molecule has 0 amide bonds. The third kappa shape index (κ3) is 2.51. The molecule has 0 unspecified atom stereocenters. The molecule has 0 fully saturated rings. The van der Waals surface area contributed by atoms with E-state index in [2.05, 4.69) is 23.6 Å². The Morgan fingerprint density at radius 3 is 2.62 bits per heavy atom. The van der Waals surface area contributed by atoms with E-state index in [1.807, 2.05) is 24.3 Å². The standard InChI is InChI=1S/C19H20N2O3/c1-13-5-2-3-6-14(13)19-20-15-11-17-18(24-10-9-23-17)12-16(15)21(19)7-4-8-22/h2-3,5-6,11-12,22H,4,7-10H2,1H3. The molecule has 0 bridgehead atoms. The van der Waals surface area contributed by atoms with Gasteiger partial charge in [0.15, 0.2) is 11.5 Å². The fourth-order valence-electron chi connectivity index (χ4n) is 3.15. The summed E-state index contributed by atoms with van der Waals surface area (Å²) in [5.74, 6) is 2.42. The molecule has 0 atom stereocenters. The van der Waals surface area contributed by atoms with Crippen molar-refractivity contribution in [3.8, 4) is 22.9 Å². The van der Waals surface area contributed by atoms with Gasteiger partial charge in [0.05, 0.1) is 11.0 Å². The highest BCUT2D eigenvalue weighted by atomic mass is 16.6. The molecule has 0 aliphatic carbocycles. The molecular weight excluding hydrogens is 304 g/mol. The Bertz CT molecular complexity index is 886. The molecule has 0 spiro atoms. The molecule has 3 aromatic rings. The molecule has 5 nitrogen and oxygen atoms in total. The number of fused-ring (bicyclic) bond motifs is 2. The van der Waals surface area contributed by atoms with Crippen LogP contribution in [-0.2, 0) is 6.54 Å². The zero-order valence-electron chi connectivity index (χ0n) is 13.7. The Morgan fingerprint density at radius 2 is 1.88 bits per heavy atom. The number of hydrogen-bond donors (Lipinski definition) is 1. The largest absolute Gasteiger partial charge is 0.486 e. The monoisotopic (exact) mass is 324 g/mol. The van der Waals surface area contributed by atoms with E-state index in [4.69, 9.17) is 14.5 Å². The van der Waals surface area contributed by atoms with E-state index in [-0.39, 0.29) is 6.61 Å². The van der Waals surface area contributed by atoms with E-state index in [0.29, 0.717) is 26.2 Å². The number of aromatic nitrogens is 2. The summed E-state index contributed by atoms with van der Waals surface area (Å²) in [7, 11) is 0. The molecule has 124 valence electrons. The maximum absolute atomic E-state index is 9.27. The molecular formula is C19H20N2O3. The van der Waals surface area contributed by atoms with Crippen LogP contribution in [0.4, 0.5) is 0 Å². The number of benzene rings is 2. The topological polar surface area (TPSA) is 56.5 Å². The maximum Gasteiger partial charge on any atom is 0.163 e. The summed E-state index contributed by atoms with van der Waals surface area (Å²) < 4.78 is 13.6. The van der Waals surface area contributed by atoms with E-state index in [1.165, 1.54) is 5.56 Å². The molecule has 0 radical (unpaired) electrons.